The smallest absolute Gasteiger partial charge is 0.381 e. The topological polar surface area (TPSA) is 38.3 Å². The van der Waals surface area contributed by atoms with Crippen molar-refractivity contribution in [1.82, 2.24) is 0 Å². The van der Waals surface area contributed by atoms with Gasteiger partial charge in [-0.15, -0.1) is 0 Å². The molecule has 12 heteroatoms. The summed E-state index contributed by atoms with van der Waals surface area (Å²) in [4.78, 5) is 3.20. The molecule has 0 aliphatic heterocycles. The monoisotopic (exact) mass is 437 g/mol. The van der Waals surface area contributed by atoms with Crippen LogP contribution in [0.2, 0.25) is 0 Å². The summed E-state index contributed by atoms with van der Waals surface area (Å²) >= 11 is 0. The predicted octanol–water partition coefficient (Wildman–Crippen LogP) is 7.20. The second-order valence-corrected chi connectivity index (χ2v) is 5.81. The van der Waals surface area contributed by atoms with Crippen LogP contribution in [0.4, 0.5) is 52.2 Å². The second kappa shape index (κ2) is 8.64. The SMILES string of the molecule is [C-]#[N+]c1ccc(/N=N/c2ccc(OCC(F)(F)C(F)(F)C(F)(F)C(F)F)cc2)cc1. The van der Waals surface area contributed by atoms with Gasteiger partial charge in [-0.05, 0) is 36.4 Å². The van der Waals surface area contributed by atoms with Gasteiger partial charge in [-0.2, -0.15) is 36.6 Å². The molecular weight excluding hydrogens is 426 g/mol. The molecule has 0 saturated heterocycles. The molecule has 2 rings (SSSR count). The molecule has 0 heterocycles. The van der Waals surface area contributed by atoms with E-state index in [1.807, 2.05) is 0 Å². The molecule has 0 amide bonds. The van der Waals surface area contributed by atoms with E-state index in [0.717, 1.165) is 12.1 Å². The summed E-state index contributed by atoms with van der Waals surface area (Å²) in [6.45, 7) is 4.57. The highest BCUT2D eigenvalue weighted by Crippen LogP contribution is 2.48. The van der Waals surface area contributed by atoms with Crippen LogP contribution in [0.3, 0.4) is 0 Å². The Kier molecular flexibility index (Phi) is 6.64. The van der Waals surface area contributed by atoms with Gasteiger partial charge in [0.15, 0.2) is 12.3 Å². The van der Waals surface area contributed by atoms with Crippen molar-refractivity contribution in [2.45, 2.75) is 24.2 Å². The molecule has 0 aromatic heterocycles. The molecule has 0 fully saturated rings. The van der Waals surface area contributed by atoms with Gasteiger partial charge in [0.2, 0.25) is 0 Å². The molecule has 0 bridgehead atoms. The highest BCUT2D eigenvalue weighted by Gasteiger charge is 2.75. The highest BCUT2D eigenvalue weighted by molar-refractivity contribution is 5.51. The minimum atomic E-state index is -6.33. The lowest BCUT2D eigenvalue weighted by molar-refractivity contribution is -0.342. The van der Waals surface area contributed by atoms with Crippen molar-refractivity contribution in [2.75, 3.05) is 6.61 Å². The van der Waals surface area contributed by atoms with Crippen molar-refractivity contribution in [3.05, 3.63) is 59.9 Å². The Morgan fingerprint density at radius 1 is 0.833 bits per heavy atom. The van der Waals surface area contributed by atoms with Crippen LogP contribution in [-0.4, -0.2) is 30.8 Å². The first kappa shape index (κ1) is 23.1. The van der Waals surface area contributed by atoms with Crippen LogP contribution in [-0.2, 0) is 0 Å². The van der Waals surface area contributed by atoms with Crippen LogP contribution in [0.25, 0.3) is 4.85 Å². The molecule has 0 atom stereocenters. The molecule has 2 aromatic carbocycles. The Hall–Kier alpha value is -3.23. The summed E-state index contributed by atoms with van der Waals surface area (Å²) in [5.41, 5.74) is 1.01. The fourth-order valence-electron chi connectivity index (χ4n) is 1.96. The summed E-state index contributed by atoms with van der Waals surface area (Å²) in [7, 11) is 0. The zero-order chi connectivity index (χ0) is 22.6. The Morgan fingerprint density at radius 2 is 1.30 bits per heavy atom. The summed E-state index contributed by atoms with van der Waals surface area (Å²) in [6.07, 6.45) is -4.99. The van der Waals surface area contributed by atoms with Crippen molar-refractivity contribution in [1.29, 1.82) is 0 Å². The van der Waals surface area contributed by atoms with Crippen molar-refractivity contribution in [2.24, 2.45) is 10.2 Å². The van der Waals surface area contributed by atoms with Gasteiger partial charge in [0.1, 0.15) is 5.75 Å². The zero-order valence-corrected chi connectivity index (χ0v) is 14.7. The number of hydrogen-bond donors (Lipinski definition) is 0. The normalized spacial score (nSPS) is 12.9. The van der Waals surface area contributed by atoms with Gasteiger partial charge in [-0.3, -0.25) is 0 Å². The lowest BCUT2D eigenvalue weighted by Crippen LogP contribution is -2.59. The summed E-state index contributed by atoms with van der Waals surface area (Å²) in [5.74, 6) is -18.5. The average molecular weight is 437 g/mol. The third-order valence-corrected chi connectivity index (χ3v) is 3.67. The van der Waals surface area contributed by atoms with E-state index in [1.54, 1.807) is 0 Å². The van der Waals surface area contributed by atoms with E-state index in [4.69, 9.17) is 6.57 Å². The lowest BCUT2D eigenvalue weighted by Gasteiger charge is -2.31. The number of ether oxygens (including phenoxy) is 1. The van der Waals surface area contributed by atoms with Crippen molar-refractivity contribution in [3.8, 4) is 5.75 Å². The van der Waals surface area contributed by atoms with Crippen LogP contribution in [0.15, 0.2) is 58.8 Å². The minimum Gasteiger partial charge on any atom is -0.487 e. The van der Waals surface area contributed by atoms with Gasteiger partial charge in [0, 0.05) is 0 Å². The molecule has 0 radical (unpaired) electrons. The fourth-order valence-corrected chi connectivity index (χ4v) is 1.96. The van der Waals surface area contributed by atoms with Gasteiger partial charge in [0.05, 0.1) is 17.9 Å². The molecule has 0 aliphatic carbocycles. The first-order valence-corrected chi connectivity index (χ1v) is 7.94. The Balaban J connectivity index is 2.03. The maximum atomic E-state index is 13.4. The van der Waals surface area contributed by atoms with Crippen LogP contribution in [0, 0.1) is 6.57 Å². The van der Waals surface area contributed by atoms with E-state index < -0.39 is 36.5 Å². The number of azo groups is 1. The van der Waals surface area contributed by atoms with Crippen LogP contribution in [0.1, 0.15) is 0 Å². The number of hydrogen-bond acceptors (Lipinski definition) is 3. The molecule has 2 aromatic rings. The second-order valence-electron chi connectivity index (χ2n) is 5.81. The van der Waals surface area contributed by atoms with Gasteiger partial charge in [-0.25, -0.2) is 13.6 Å². The molecule has 0 saturated carbocycles. The standard InChI is InChI=1S/C18H11F8N3O/c1-27-11-2-4-12(5-3-11)28-29-13-6-8-14(9-7-13)30-10-16(21,22)18(25,26)17(23,24)15(19)20/h2-9,15H,10H2/b29-28+. The molecule has 4 nitrogen and oxygen atoms in total. The largest absolute Gasteiger partial charge is 0.487 e. The van der Waals surface area contributed by atoms with Crippen LogP contribution < -0.4 is 4.74 Å². The quantitative estimate of drug-likeness (QED) is 0.244. The van der Waals surface area contributed by atoms with Gasteiger partial charge < -0.3 is 4.74 Å². The molecular formula is C18H11F8N3O. The van der Waals surface area contributed by atoms with Crippen molar-refractivity contribution in [3.63, 3.8) is 0 Å². The van der Waals surface area contributed by atoms with E-state index in [1.165, 1.54) is 36.4 Å². The Labute approximate surface area is 164 Å². The molecule has 0 unspecified atom stereocenters. The van der Waals surface area contributed by atoms with E-state index in [9.17, 15) is 35.1 Å². The fraction of sp³-hybridized carbons (Fsp3) is 0.278. The summed E-state index contributed by atoms with van der Waals surface area (Å²) in [6, 6.07) is 10.5. The maximum absolute atomic E-state index is 13.4. The zero-order valence-electron chi connectivity index (χ0n) is 14.7. The highest BCUT2D eigenvalue weighted by atomic mass is 19.4. The third-order valence-electron chi connectivity index (χ3n) is 3.67. The number of alkyl halides is 8. The van der Waals surface area contributed by atoms with Crippen LogP contribution in [0.5, 0.6) is 5.75 Å². The predicted molar refractivity (Wildman–Crippen MR) is 89.7 cm³/mol. The van der Waals surface area contributed by atoms with E-state index in [0.29, 0.717) is 11.4 Å². The Bertz CT molecular complexity index is 922. The summed E-state index contributed by atoms with van der Waals surface area (Å²) in [5, 5.41) is 7.66. The van der Waals surface area contributed by atoms with E-state index in [-0.39, 0.29) is 5.69 Å². The number of nitrogens with zero attached hydrogens (tertiary/aromatic N) is 3. The Morgan fingerprint density at radius 3 is 1.73 bits per heavy atom. The molecule has 0 aliphatic rings. The van der Waals surface area contributed by atoms with Gasteiger partial charge in [-0.1, -0.05) is 12.1 Å². The first-order valence-electron chi connectivity index (χ1n) is 7.94. The first-order chi connectivity index (χ1) is 13.9. The van der Waals surface area contributed by atoms with Crippen molar-refractivity contribution >= 4 is 17.1 Å². The number of benzene rings is 2. The third kappa shape index (κ3) is 4.84. The summed E-state index contributed by atoms with van der Waals surface area (Å²) < 4.78 is 107. The average Bonchev–Trinajstić information content (AvgIpc) is 2.71. The van der Waals surface area contributed by atoms with Crippen molar-refractivity contribution < 1.29 is 39.9 Å². The van der Waals surface area contributed by atoms with E-state index in [2.05, 4.69) is 19.8 Å². The molecule has 30 heavy (non-hydrogen) atoms. The molecule has 0 N–H and O–H groups in total. The lowest BCUT2D eigenvalue weighted by atomic mass is 10.1. The number of halogens is 8. The van der Waals surface area contributed by atoms with Gasteiger partial charge >= 0.3 is 24.2 Å². The minimum absolute atomic E-state index is 0.206. The maximum Gasteiger partial charge on any atom is 0.381 e. The van der Waals surface area contributed by atoms with Crippen LogP contribution >= 0.6 is 0 Å². The number of rotatable bonds is 8. The molecule has 160 valence electrons. The van der Waals surface area contributed by atoms with E-state index >= 15 is 0 Å². The molecule has 0 spiro atoms. The van der Waals surface area contributed by atoms with Gasteiger partial charge in [0.25, 0.3) is 0 Å².